The van der Waals surface area contributed by atoms with E-state index in [4.69, 9.17) is 9.47 Å². The van der Waals surface area contributed by atoms with E-state index in [0.717, 1.165) is 0 Å². The molecule has 0 aliphatic carbocycles. The van der Waals surface area contributed by atoms with E-state index in [-0.39, 0.29) is 12.5 Å². The van der Waals surface area contributed by atoms with Crippen LogP contribution in [0.1, 0.15) is 33.1 Å². The molecule has 0 spiro atoms. The summed E-state index contributed by atoms with van der Waals surface area (Å²) in [4.78, 5) is 25.1. The van der Waals surface area contributed by atoms with Gasteiger partial charge in [-0.15, -0.1) is 0 Å². The second-order valence-electron chi connectivity index (χ2n) is 6.26. The standard InChI is InChI=1S/C18H25NO5/c1-3-23-14-7-4-5-8-15(14)24-12-6-9-16(20)19-11-10-18(2,13-19)17(21)22/h4-5,7-8H,3,6,9-13H2,1-2H3,(H,21,22)/t18-/m0/s1. The van der Waals surface area contributed by atoms with Crippen molar-refractivity contribution >= 4 is 11.9 Å². The van der Waals surface area contributed by atoms with Crippen molar-refractivity contribution in [3.63, 3.8) is 0 Å². The van der Waals surface area contributed by atoms with Gasteiger partial charge < -0.3 is 19.5 Å². The molecule has 1 N–H and O–H groups in total. The van der Waals surface area contributed by atoms with Gasteiger partial charge in [-0.05, 0) is 38.8 Å². The molecule has 0 saturated carbocycles. The number of carboxylic acids is 1. The zero-order valence-corrected chi connectivity index (χ0v) is 14.3. The highest BCUT2D eigenvalue weighted by atomic mass is 16.5. The topological polar surface area (TPSA) is 76.1 Å². The van der Waals surface area contributed by atoms with Gasteiger partial charge in [0, 0.05) is 19.5 Å². The SMILES string of the molecule is CCOc1ccccc1OCCCC(=O)N1CC[C@](C)(C(=O)O)C1. The van der Waals surface area contributed by atoms with Gasteiger partial charge >= 0.3 is 5.97 Å². The maximum absolute atomic E-state index is 12.2. The molecule has 1 heterocycles. The summed E-state index contributed by atoms with van der Waals surface area (Å²) in [6, 6.07) is 7.45. The number of carbonyl (C=O) groups is 2. The van der Waals surface area contributed by atoms with Crippen molar-refractivity contribution in [1.82, 2.24) is 4.90 Å². The van der Waals surface area contributed by atoms with Crippen LogP contribution in [0, 0.1) is 5.41 Å². The molecule has 1 aromatic rings. The largest absolute Gasteiger partial charge is 0.490 e. The number of carboxylic acid groups (broad SMARTS) is 1. The van der Waals surface area contributed by atoms with Gasteiger partial charge in [0.2, 0.25) is 5.91 Å². The third-order valence-corrected chi connectivity index (χ3v) is 4.28. The number of nitrogens with zero attached hydrogens (tertiary/aromatic N) is 1. The molecule has 6 heteroatoms. The monoisotopic (exact) mass is 335 g/mol. The molecule has 6 nitrogen and oxygen atoms in total. The van der Waals surface area contributed by atoms with Gasteiger partial charge in [0.25, 0.3) is 0 Å². The Hall–Kier alpha value is -2.24. The summed E-state index contributed by atoms with van der Waals surface area (Å²) in [5.41, 5.74) is -0.817. The number of ether oxygens (including phenoxy) is 2. The number of benzene rings is 1. The lowest BCUT2D eigenvalue weighted by Crippen LogP contribution is -2.34. The van der Waals surface area contributed by atoms with Gasteiger partial charge in [0.15, 0.2) is 11.5 Å². The Morgan fingerprint density at radius 2 is 1.92 bits per heavy atom. The summed E-state index contributed by atoms with van der Waals surface area (Å²) in [5.74, 6) is 0.518. The van der Waals surface area contributed by atoms with Crippen LogP contribution < -0.4 is 9.47 Å². The molecule has 1 atom stereocenters. The zero-order valence-electron chi connectivity index (χ0n) is 14.3. The van der Waals surface area contributed by atoms with Crippen molar-refractivity contribution in [3.05, 3.63) is 24.3 Å². The van der Waals surface area contributed by atoms with E-state index >= 15 is 0 Å². The van der Waals surface area contributed by atoms with E-state index in [0.29, 0.717) is 50.5 Å². The maximum Gasteiger partial charge on any atom is 0.311 e. The average Bonchev–Trinajstić information content (AvgIpc) is 2.97. The maximum atomic E-state index is 12.2. The Morgan fingerprint density at radius 1 is 1.25 bits per heavy atom. The first-order valence-electron chi connectivity index (χ1n) is 8.32. The Kier molecular flexibility index (Phi) is 6.06. The Bertz CT molecular complexity index is 589. The third kappa shape index (κ3) is 4.40. The molecule has 1 fully saturated rings. The van der Waals surface area contributed by atoms with Gasteiger partial charge in [-0.25, -0.2) is 0 Å². The van der Waals surface area contributed by atoms with Crippen LogP contribution >= 0.6 is 0 Å². The summed E-state index contributed by atoms with van der Waals surface area (Å²) in [6.45, 7) is 5.38. The number of likely N-dealkylation sites (tertiary alicyclic amines) is 1. The third-order valence-electron chi connectivity index (χ3n) is 4.28. The number of hydrogen-bond donors (Lipinski definition) is 1. The quantitative estimate of drug-likeness (QED) is 0.739. The summed E-state index contributed by atoms with van der Waals surface area (Å²) >= 11 is 0. The number of hydrogen-bond acceptors (Lipinski definition) is 4. The highest BCUT2D eigenvalue weighted by molar-refractivity contribution is 5.80. The van der Waals surface area contributed by atoms with Crippen LogP contribution in [0.4, 0.5) is 0 Å². The summed E-state index contributed by atoms with van der Waals surface area (Å²) in [5, 5.41) is 9.21. The fraction of sp³-hybridized carbons (Fsp3) is 0.556. The lowest BCUT2D eigenvalue weighted by molar-refractivity contribution is -0.147. The van der Waals surface area contributed by atoms with Crippen LogP contribution in [0.25, 0.3) is 0 Å². The first-order chi connectivity index (χ1) is 11.5. The van der Waals surface area contributed by atoms with Crippen molar-refractivity contribution in [3.8, 4) is 11.5 Å². The number of amides is 1. The lowest BCUT2D eigenvalue weighted by atomic mass is 9.90. The first kappa shape index (κ1) is 18.1. The van der Waals surface area contributed by atoms with Crippen LogP contribution in [0.3, 0.4) is 0 Å². The minimum absolute atomic E-state index is 0.0123. The number of rotatable bonds is 8. The second kappa shape index (κ2) is 8.04. The second-order valence-corrected chi connectivity index (χ2v) is 6.26. The fourth-order valence-corrected chi connectivity index (χ4v) is 2.76. The van der Waals surface area contributed by atoms with Crippen LogP contribution in [0.5, 0.6) is 11.5 Å². The van der Waals surface area contributed by atoms with Crippen molar-refractivity contribution < 1.29 is 24.2 Å². The van der Waals surface area contributed by atoms with Crippen molar-refractivity contribution in [1.29, 1.82) is 0 Å². The number of carbonyl (C=O) groups excluding carboxylic acids is 1. The van der Waals surface area contributed by atoms with Crippen LogP contribution in [0.2, 0.25) is 0 Å². The van der Waals surface area contributed by atoms with E-state index in [9.17, 15) is 14.7 Å². The van der Waals surface area contributed by atoms with Gasteiger partial charge in [0.1, 0.15) is 0 Å². The van der Waals surface area contributed by atoms with Crippen LogP contribution in [-0.4, -0.2) is 48.2 Å². The van der Waals surface area contributed by atoms with Crippen LogP contribution in [-0.2, 0) is 9.59 Å². The van der Waals surface area contributed by atoms with Gasteiger partial charge in [-0.2, -0.15) is 0 Å². The predicted octanol–water partition coefficient (Wildman–Crippen LogP) is 2.57. The number of aliphatic carboxylic acids is 1. The molecule has 0 bridgehead atoms. The lowest BCUT2D eigenvalue weighted by Gasteiger charge is -2.20. The highest BCUT2D eigenvalue weighted by Gasteiger charge is 2.41. The molecule has 132 valence electrons. The molecule has 24 heavy (non-hydrogen) atoms. The van der Waals surface area contributed by atoms with Crippen molar-refractivity contribution in [2.45, 2.75) is 33.1 Å². The average molecular weight is 335 g/mol. The molecule has 1 saturated heterocycles. The molecule has 2 rings (SSSR count). The minimum Gasteiger partial charge on any atom is -0.490 e. The molecule has 1 aliphatic heterocycles. The molecule has 0 aromatic heterocycles. The van der Waals surface area contributed by atoms with E-state index in [1.54, 1.807) is 11.8 Å². The summed E-state index contributed by atoms with van der Waals surface area (Å²) in [7, 11) is 0. The van der Waals surface area contributed by atoms with E-state index in [1.165, 1.54) is 0 Å². The first-order valence-corrected chi connectivity index (χ1v) is 8.32. The molecule has 0 radical (unpaired) electrons. The molecular weight excluding hydrogens is 310 g/mol. The van der Waals surface area contributed by atoms with Crippen LogP contribution in [0.15, 0.2) is 24.3 Å². The molecule has 1 aromatic carbocycles. The zero-order chi connectivity index (χ0) is 17.6. The molecule has 0 unspecified atom stereocenters. The van der Waals surface area contributed by atoms with Crippen molar-refractivity contribution in [2.75, 3.05) is 26.3 Å². The Morgan fingerprint density at radius 3 is 2.50 bits per heavy atom. The number of para-hydroxylation sites is 2. The molecular formula is C18H25NO5. The van der Waals surface area contributed by atoms with E-state index < -0.39 is 11.4 Å². The van der Waals surface area contributed by atoms with E-state index in [1.807, 2.05) is 31.2 Å². The smallest absolute Gasteiger partial charge is 0.311 e. The Balaban J connectivity index is 1.75. The minimum atomic E-state index is -0.839. The fourth-order valence-electron chi connectivity index (χ4n) is 2.76. The van der Waals surface area contributed by atoms with Gasteiger partial charge in [-0.3, -0.25) is 9.59 Å². The predicted molar refractivity (Wildman–Crippen MR) is 89.3 cm³/mol. The Labute approximate surface area is 142 Å². The normalized spacial score (nSPS) is 20.0. The van der Waals surface area contributed by atoms with Crippen molar-refractivity contribution in [2.24, 2.45) is 5.41 Å². The highest BCUT2D eigenvalue weighted by Crippen LogP contribution is 2.30. The van der Waals surface area contributed by atoms with E-state index in [2.05, 4.69) is 0 Å². The molecule has 1 amide bonds. The van der Waals surface area contributed by atoms with Gasteiger partial charge in [-0.1, -0.05) is 12.1 Å². The summed E-state index contributed by atoms with van der Waals surface area (Å²) < 4.78 is 11.2. The molecule has 1 aliphatic rings. The summed E-state index contributed by atoms with van der Waals surface area (Å²) in [6.07, 6.45) is 1.44. The van der Waals surface area contributed by atoms with Gasteiger partial charge in [0.05, 0.1) is 18.6 Å².